The number of likely N-dealkylation sites (N-methyl/N-ethyl adjacent to an activating group) is 1. The number of likely N-dealkylation sites (tertiary alicyclic amines) is 1. The molecule has 2 saturated heterocycles. The first-order chi connectivity index (χ1) is 16.2. The molecule has 3 rings (SSSR count). The van der Waals surface area contributed by atoms with Crippen molar-refractivity contribution in [1.82, 2.24) is 14.1 Å². The quantitative estimate of drug-likeness (QED) is 0.539. The molecule has 2 heterocycles. The van der Waals surface area contributed by atoms with E-state index in [-0.39, 0.29) is 35.1 Å². The molecule has 0 spiro atoms. The highest BCUT2D eigenvalue weighted by atomic mass is 32.2. The maximum Gasteiger partial charge on any atom is 0.309 e. The molecule has 9 nitrogen and oxygen atoms in total. The van der Waals surface area contributed by atoms with Crippen LogP contribution in [-0.4, -0.2) is 86.7 Å². The topological polar surface area (TPSA) is 104 Å². The van der Waals surface area contributed by atoms with E-state index in [4.69, 9.17) is 4.74 Å². The van der Waals surface area contributed by atoms with E-state index < -0.39 is 10.0 Å². The summed E-state index contributed by atoms with van der Waals surface area (Å²) in [5.41, 5.74) is 0.325. The standard InChI is InChI=1S/C24H35N3O6S/c1-3-33-24(30)20-12-16-26(17-13-20)22(28)18-25(2)23(29)19-8-10-21(11-9-19)34(31,32)27-14-6-4-5-7-15-27/h8-11,20H,3-7,12-18H2,1-2H3. The first-order valence-corrected chi connectivity index (χ1v) is 13.5. The highest BCUT2D eigenvalue weighted by molar-refractivity contribution is 7.89. The molecule has 0 atom stereocenters. The first-order valence-electron chi connectivity index (χ1n) is 12.0. The number of amides is 2. The van der Waals surface area contributed by atoms with Crippen molar-refractivity contribution in [2.75, 3.05) is 46.4 Å². The molecule has 0 aliphatic carbocycles. The fourth-order valence-corrected chi connectivity index (χ4v) is 5.94. The SMILES string of the molecule is CCOC(=O)C1CCN(C(=O)CN(C)C(=O)c2ccc(S(=O)(=O)N3CCCCCC3)cc2)CC1. The zero-order valence-electron chi connectivity index (χ0n) is 20.1. The van der Waals surface area contributed by atoms with Gasteiger partial charge in [-0.05, 0) is 56.9 Å². The number of nitrogens with zero attached hydrogens (tertiary/aromatic N) is 3. The highest BCUT2D eigenvalue weighted by Gasteiger charge is 2.29. The molecule has 0 bridgehead atoms. The normalized spacial score (nSPS) is 18.2. The molecule has 2 aliphatic rings. The number of esters is 1. The lowest BCUT2D eigenvalue weighted by Gasteiger charge is -2.32. The van der Waals surface area contributed by atoms with Gasteiger partial charge in [0.15, 0.2) is 0 Å². The molecule has 34 heavy (non-hydrogen) atoms. The lowest BCUT2D eigenvalue weighted by atomic mass is 9.97. The fourth-order valence-electron chi connectivity index (χ4n) is 4.42. The number of sulfonamides is 1. The second kappa shape index (κ2) is 11.8. The Labute approximate surface area is 202 Å². The lowest BCUT2D eigenvalue weighted by molar-refractivity contribution is -0.151. The van der Waals surface area contributed by atoms with Gasteiger partial charge in [0.1, 0.15) is 0 Å². The van der Waals surface area contributed by atoms with Gasteiger partial charge in [0.25, 0.3) is 5.91 Å². The number of ether oxygens (including phenoxy) is 1. The summed E-state index contributed by atoms with van der Waals surface area (Å²) in [6.45, 7) is 3.97. The average Bonchev–Trinajstić information content (AvgIpc) is 3.14. The molecule has 10 heteroatoms. The Balaban J connectivity index is 1.55. The van der Waals surface area contributed by atoms with Gasteiger partial charge < -0.3 is 14.5 Å². The van der Waals surface area contributed by atoms with Crippen LogP contribution >= 0.6 is 0 Å². The summed E-state index contributed by atoms with van der Waals surface area (Å²) in [5, 5.41) is 0. The van der Waals surface area contributed by atoms with E-state index in [1.807, 2.05) is 0 Å². The van der Waals surface area contributed by atoms with Crippen molar-refractivity contribution in [3.8, 4) is 0 Å². The summed E-state index contributed by atoms with van der Waals surface area (Å²) >= 11 is 0. The van der Waals surface area contributed by atoms with Crippen molar-refractivity contribution in [1.29, 1.82) is 0 Å². The molecule has 0 N–H and O–H groups in total. The molecule has 0 saturated carbocycles. The molecular weight excluding hydrogens is 458 g/mol. The molecule has 0 unspecified atom stereocenters. The number of hydrogen-bond donors (Lipinski definition) is 0. The second-order valence-corrected chi connectivity index (χ2v) is 10.8. The van der Waals surface area contributed by atoms with Crippen LogP contribution in [0.3, 0.4) is 0 Å². The maximum atomic E-state index is 12.9. The van der Waals surface area contributed by atoms with Gasteiger partial charge in [-0.3, -0.25) is 14.4 Å². The summed E-state index contributed by atoms with van der Waals surface area (Å²) in [4.78, 5) is 40.5. The van der Waals surface area contributed by atoms with Crippen molar-refractivity contribution < 1.29 is 27.5 Å². The van der Waals surface area contributed by atoms with Crippen LogP contribution in [0.4, 0.5) is 0 Å². The molecule has 1 aromatic rings. The smallest absolute Gasteiger partial charge is 0.309 e. The van der Waals surface area contributed by atoms with Crippen LogP contribution in [0.15, 0.2) is 29.2 Å². The van der Waals surface area contributed by atoms with Crippen molar-refractivity contribution >= 4 is 27.8 Å². The minimum absolute atomic E-state index is 0.0866. The zero-order valence-corrected chi connectivity index (χ0v) is 20.9. The van der Waals surface area contributed by atoms with Crippen LogP contribution in [0.2, 0.25) is 0 Å². The Hall–Kier alpha value is -2.46. The molecule has 2 aliphatic heterocycles. The number of rotatable bonds is 7. The number of carbonyl (C=O) groups excluding carboxylic acids is 3. The molecule has 1 aromatic carbocycles. The van der Waals surface area contributed by atoms with Crippen molar-refractivity contribution in [3.63, 3.8) is 0 Å². The number of hydrogen-bond acceptors (Lipinski definition) is 6. The van der Waals surface area contributed by atoms with Crippen LogP contribution in [0.1, 0.15) is 55.8 Å². The van der Waals surface area contributed by atoms with Gasteiger partial charge in [-0.2, -0.15) is 4.31 Å². The Morgan fingerprint density at radius 3 is 2.12 bits per heavy atom. The largest absolute Gasteiger partial charge is 0.466 e. The minimum Gasteiger partial charge on any atom is -0.466 e. The van der Waals surface area contributed by atoms with Crippen molar-refractivity contribution in [2.45, 2.75) is 50.3 Å². The minimum atomic E-state index is -3.58. The summed E-state index contributed by atoms with van der Waals surface area (Å²) in [5.74, 6) is -0.942. The van der Waals surface area contributed by atoms with E-state index in [0.29, 0.717) is 51.2 Å². The van der Waals surface area contributed by atoms with Crippen LogP contribution in [0, 0.1) is 5.92 Å². The van der Waals surface area contributed by atoms with E-state index in [2.05, 4.69) is 0 Å². The summed E-state index contributed by atoms with van der Waals surface area (Å²) < 4.78 is 32.4. The lowest BCUT2D eigenvalue weighted by Crippen LogP contribution is -2.45. The zero-order chi connectivity index (χ0) is 24.7. The van der Waals surface area contributed by atoms with Crippen LogP contribution in [0.25, 0.3) is 0 Å². The van der Waals surface area contributed by atoms with Gasteiger partial charge in [-0.1, -0.05) is 12.8 Å². The van der Waals surface area contributed by atoms with E-state index in [0.717, 1.165) is 25.7 Å². The maximum absolute atomic E-state index is 12.9. The monoisotopic (exact) mass is 493 g/mol. The van der Waals surface area contributed by atoms with E-state index in [9.17, 15) is 22.8 Å². The first kappa shape index (κ1) is 26.2. The number of benzene rings is 1. The molecule has 2 fully saturated rings. The van der Waals surface area contributed by atoms with Gasteiger partial charge in [0, 0.05) is 38.8 Å². The average molecular weight is 494 g/mol. The molecule has 0 aromatic heterocycles. The number of piperidine rings is 1. The molecule has 188 valence electrons. The highest BCUT2D eigenvalue weighted by Crippen LogP contribution is 2.22. The van der Waals surface area contributed by atoms with Gasteiger partial charge in [0.05, 0.1) is 24.0 Å². The van der Waals surface area contributed by atoms with Crippen LogP contribution in [0.5, 0.6) is 0 Å². The third kappa shape index (κ3) is 6.35. The molecular formula is C24H35N3O6S. The van der Waals surface area contributed by atoms with E-state index >= 15 is 0 Å². The predicted molar refractivity (Wildman–Crippen MR) is 127 cm³/mol. The van der Waals surface area contributed by atoms with Crippen molar-refractivity contribution in [3.05, 3.63) is 29.8 Å². The Bertz CT molecular complexity index is 963. The van der Waals surface area contributed by atoms with Gasteiger partial charge in [-0.25, -0.2) is 8.42 Å². The van der Waals surface area contributed by atoms with Crippen molar-refractivity contribution in [2.24, 2.45) is 5.92 Å². The Morgan fingerprint density at radius 1 is 0.971 bits per heavy atom. The second-order valence-electron chi connectivity index (χ2n) is 8.91. The van der Waals surface area contributed by atoms with Crippen LogP contribution in [-0.2, 0) is 24.3 Å². The van der Waals surface area contributed by atoms with Gasteiger partial charge >= 0.3 is 5.97 Å². The molecule has 2 amide bonds. The predicted octanol–water partition coefficient (Wildman–Crippen LogP) is 2.13. The van der Waals surface area contributed by atoms with Crippen LogP contribution < -0.4 is 0 Å². The molecule has 0 radical (unpaired) electrons. The van der Waals surface area contributed by atoms with E-state index in [1.165, 1.54) is 33.5 Å². The Kier molecular flexibility index (Phi) is 9.07. The van der Waals surface area contributed by atoms with Gasteiger partial charge in [-0.15, -0.1) is 0 Å². The van der Waals surface area contributed by atoms with Gasteiger partial charge in [0.2, 0.25) is 15.9 Å². The summed E-state index contributed by atoms with van der Waals surface area (Å²) in [6.07, 6.45) is 4.89. The third-order valence-corrected chi connectivity index (χ3v) is 8.40. The number of carbonyl (C=O) groups is 3. The fraction of sp³-hybridized carbons (Fsp3) is 0.625. The summed E-state index contributed by atoms with van der Waals surface area (Å²) in [7, 11) is -2.03. The summed E-state index contributed by atoms with van der Waals surface area (Å²) in [6, 6.07) is 5.92. The Morgan fingerprint density at radius 2 is 1.56 bits per heavy atom. The third-order valence-electron chi connectivity index (χ3n) is 6.49. The van der Waals surface area contributed by atoms with E-state index in [1.54, 1.807) is 18.9 Å².